The highest BCUT2D eigenvalue weighted by molar-refractivity contribution is 7.92. The van der Waals surface area contributed by atoms with Crippen LogP contribution in [0.4, 0.5) is 23.0 Å². The van der Waals surface area contributed by atoms with Crippen molar-refractivity contribution in [3.63, 3.8) is 0 Å². The highest BCUT2D eigenvalue weighted by Crippen LogP contribution is 2.30. The lowest BCUT2D eigenvalue weighted by Crippen LogP contribution is -2.58. The van der Waals surface area contributed by atoms with Gasteiger partial charge in [0.25, 0.3) is 10.0 Å². The molecular weight excluding hydrogens is 538 g/mol. The number of sulfonamides is 1. The van der Waals surface area contributed by atoms with Gasteiger partial charge in [0.05, 0.1) is 33.2 Å². The molecule has 5 rings (SSSR count). The van der Waals surface area contributed by atoms with Crippen molar-refractivity contribution in [1.82, 2.24) is 19.8 Å². The SMILES string of the molecule is CN(C)C1CN(CC(=O)Nc2cccc(S(=O)(=O)Nc3nc4ccccc4nc3Nc3ccccc3Cl)c2)C1. The summed E-state index contributed by atoms with van der Waals surface area (Å²) < 4.78 is 29.4. The van der Waals surface area contributed by atoms with E-state index in [1.54, 1.807) is 54.6 Å². The van der Waals surface area contributed by atoms with Crippen LogP contribution in [0.5, 0.6) is 0 Å². The first kappa shape index (κ1) is 26.8. The van der Waals surface area contributed by atoms with E-state index in [0.717, 1.165) is 13.1 Å². The first-order valence-corrected chi connectivity index (χ1v) is 14.1. The fourth-order valence-corrected chi connectivity index (χ4v) is 5.42. The molecule has 0 bridgehead atoms. The Morgan fingerprint density at radius 1 is 0.974 bits per heavy atom. The summed E-state index contributed by atoms with van der Waals surface area (Å²) in [5.41, 5.74) is 2.03. The van der Waals surface area contributed by atoms with E-state index < -0.39 is 10.0 Å². The summed E-state index contributed by atoms with van der Waals surface area (Å²) in [7, 11) is -0.0607. The molecule has 1 fully saturated rings. The molecule has 12 heteroatoms. The van der Waals surface area contributed by atoms with E-state index in [-0.39, 0.29) is 29.0 Å². The molecule has 0 unspecified atom stereocenters. The molecule has 3 aromatic carbocycles. The lowest BCUT2D eigenvalue weighted by Gasteiger charge is -2.42. The summed E-state index contributed by atoms with van der Waals surface area (Å²) in [6, 6.07) is 20.7. The second kappa shape index (κ2) is 11.1. The van der Waals surface area contributed by atoms with Gasteiger partial charge < -0.3 is 15.5 Å². The van der Waals surface area contributed by atoms with Crippen molar-refractivity contribution < 1.29 is 13.2 Å². The van der Waals surface area contributed by atoms with E-state index >= 15 is 0 Å². The van der Waals surface area contributed by atoms with Crippen molar-refractivity contribution in [2.24, 2.45) is 0 Å². The summed E-state index contributed by atoms with van der Waals surface area (Å²) in [6.45, 7) is 1.87. The standard InChI is InChI=1S/C27H28ClN7O3S/c1-34(2)19-15-35(16-19)17-25(36)29-18-8-7-9-20(14-18)39(37,38)33-27-26(30-22-11-4-3-10-21(22)28)31-23-12-5-6-13-24(23)32-27/h3-14,19H,15-17H2,1-2H3,(H,29,36)(H,30,31)(H,32,33). The van der Waals surface area contributed by atoms with E-state index in [9.17, 15) is 13.2 Å². The largest absolute Gasteiger partial charge is 0.336 e. The maximum atomic E-state index is 13.4. The smallest absolute Gasteiger partial charge is 0.263 e. The van der Waals surface area contributed by atoms with E-state index in [4.69, 9.17) is 11.6 Å². The summed E-state index contributed by atoms with van der Waals surface area (Å²) in [5, 5.41) is 6.33. The average Bonchev–Trinajstić information content (AvgIpc) is 2.87. The maximum absolute atomic E-state index is 13.4. The summed E-state index contributed by atoms with van der Waals surface area (Å²) in [5.74, 6) is -0.00182. The molecule has 3 N–H and O–H groups in total. The summed E-state index contributed by atoms with van der Waals surface area (Å²) in [6.07, 6.45) is 0. The number of carbonyl (C=O) groups is 1. The number of benzene rings is 3. The number of likely N-dealkylation sites (tertiary alicyclic amines) is 1. The number of nitrogens with one attached hydrogen (secondary N) is 3. The Balaban J connectivity index is 1.36. The Morgan fingerprint density at radius 3 is 2.33 bits per heavy atom. The number of anilines is 4. The highest BCUT2D eigenvalue weighted by atomic mass is 35.5. The third kappa shape index (κ3) is 6.28. The van der Waals surface area contributed by atoms with Crippen LogP contribution in [0.2, 0.25) is 5.02 Å². The number of amides is 1. The zero-order valence-corrected chi connectivity index (χ0v) is 23.0. The number of hydrogen-bond donors (Lipinski definition) is 3. The van der Waals surface area contributed by atoms with E-state index in [2.05, 4.69) is 30.2 Å². The number of nitrogens with zero attached hydrogens (tertiary/aromatic N) is 4. The summed E-state index contributed by atoms with van der Waals surface area (Å²) >= 11 is 6.31. The second-order valence-electron chi connectivity index (χ2n) is 9.51. The Kier molecular flexibility index (Phi) is 7.67. The van der Waals surface area contributed by atoms with Gasteiger partial charge in [0.2, 0.25) is 5.91 Å². The molecule has 0 radical (unpaired) electrons. The van der Waals surface area contributed by atoms with Crippen molar-refractivity contribution in [2.45, 2.75) is 10.9 Å². The minimum atomic E-state index is -4.09. The van der Waals surface area contributed by atoms with Crippen LogP contribution in [0.15, 0.2) is 77.7 Å². The van der Waals surface area contributed by atoms with Crippen LogP contribution in [-0.2, 0) is 14.8 Å². The molecule has 2 heterocycles. The molecule has 4 aromatic rings. The van der Waals surface area contributed by atoms with Gasteiger partial charge in [-0.15, -0.1) is 0 Å². The minimum Gasteiger partial charge on any atom is -0.336 e. The van der Waals surface area contributed by atoms with Crippen LogP contribution in [0.3, 0.4) is 0 Å². The molecule has 0 saturated carbocycles. The Hall–Kier alpha value is -3.77. The molecule has 1 saturated heterocycles. The molecule has 1 aromatic heterocycles. The fourth-order valence-electron chi connectivity index (χ4n) is 4.18. The monoisotopic (exact) mass is 565 g/mol. The fraction of sp³-hybridized carbons (Fsp3) is 0.222. The molecule has 202 valence electrons. The first-order chi connectivity index (χ1) is 18.7. The van der Waals surface area contributed by atoms with Crippen LogP contribution in [0.25, 0.3) is 11.0 Å². The van der Waals surface area contributed by atoms with Crippen LogP contribution >= 0.6 is 11.6 Å². The van der Waals surface area contributed by atoms with Crippen molar-refractivity contribution in [2.75, 3.05) is 49.1 Å². The molecule has 0 spiro atoms. The van der Waals surface area contributed by atoms with Gasteiger partial charge in [0.1, 0.15) is 0 Å². The molecule has 1 amide bonds. The van der Waals surface area contributed by atoms with Gasteiger partial charge in [-0.1, -0.05) is 41.9 Å². The third-order valence-corrected chi connectivity index (χ3v) is 8.06. The van der Waals surface area contributed by atoms with Gasteiger partial charge in [-0.05, 0) is 56.6 Å². The van der Waals surface area contributed by atoms with Crippen molar-refractivity contribution in [1.29, 1.82) is 0 Å². The molecule has 10 nitrogen and oxygen atoms in total. The maximum Gasteiger partial charge on any atom is 0.263 e. The molecule has 1 aliphatic heterocycles. The predicted octanol–water partition coefficient (Wildman–Crippen LogP) is 4.01. The number of likely N-dealkylation sites (N-methyl/N-ethyl adjacent to an activating group) is 1. The van der Waals surface area contributed by atoms with Gasteiger partial charge in [0, 0.05) is 24.8 Å². The number of fused-ring (bicyclic) bond motifs is 1. The summed E-state index contributed by atoms with van der Waals surface area (Å²) in [4.78, 5) is 25.8. The Bertz CT molecular complexity index is 1630. The number of halogens is 1. The molecular formula is C27H28ClN7O3S. The molecule has 0 aliphatic carbocycles. The van der Waals surface area contributed by atoms with E-state index in [1.807, 2.05) is 25.1 Å². The van der Waals surface area contributed by atoms with Gasteiger partial charge in [0.15, 0.2) is 11.6 Å². The lowest BCUT2D eigenvalue weighted by atomic mass is 10.1. The average molecular weight is 566 g/mol. The van der Waals surface area contributed by atoms with Crippen molar-refractivity contribution >= 4 is 61.6 Å². The van der Waals surface area contributed by atoms with Gasteiger partial charge >= 0.3 is 0 Å². The highest BCUT2D eigenvalue weighted by Gasteiger charge is 2.29. The predicted molar refractivity (Wildman–Crippen MR) is 154 cm³/mol. The van der Waals surface area contributed by atoms with Crippen LogP contribution in [-0.4, -0.2) is 73.9 Å². The second-order valence-corrected chi connectivity index (χ2v) is 11.6. The van der Waals surface area contributed by atoms with Crippen molar-refractivity contribution in [3.8, 4) is 0 Å². The molecule has 0 atom stereocenters. The Labute approximate surface area is 232 Å². The molecule has 1 aliphatic rings. The number of aromatic nitrogens is 2. The topological polar surface area (TPSA) is 120 Å². The normalized spacial score (nSPS) is 14.3. The van der Waals surface area contributed by atoms with Crippen molar-refractivity contribution in [3.05, 3.63) is 77.8 Å². The minimum absolute atomic E-state index is 0.0105. The number of hydrogen-bond acceptors (Lipinski definition) is 8. The van der Waals surface area contributed by atoms with Gasteiger partial charge in [-0.25, -0.2) is 18.4 Å². The third-order valence-electron chi connectivity index (χ3n) is 6.39. The van der Waals surface area contributed by atoms with E-state index in [1.165, 1.54) is 12.1 Å². The van der Waals surface area contributed by atoms with Gasteiger partial charge in [-0.3, -0.25) is 14.4 Å². The quantitative estimate of drug-likeness (QED) is 0.278. The zero-order chi connectivity index (χ0) is 27.6. The number of para-hydroxylation sites is 3. The van der Waals surface area contributed by atoms with Gasteiger partial charge in [-0.2, -0.15) is 0 Å². The zero-order valence-electron chi connectivity index (χ0n) is 21.4. The lowest BCUT2D eigenvalue weighted by molar-refractivity contribution is -0.119. The number of rotatable bonds is 9. The number of carbonyl (C=O) groups excluding carboxylic acids is 1. The van der Waals surface area contributed by atoms with Crippen LogP contribution in [0, 0.1) is 0 Å². The van der Waals surface area contributed by atoms with Crippen LogP contribution in [0.1, 0.15) is 0 Å². The molecule has 39 heavy (non-hydrogen) atoms. The van der Waals surface area contributed by atoms with Crippen LogP contribution < -0.4 is 15.4 Å². The Morgan fingerprint density at radius 2 is 1.64 bits per heavy atom. The van der Waals surface area contributed by atoms with E-state index in [0.29, 0.717) is 33.5 Å². The first-order valence-electron chi connectivity index (χ1n) is 12.3.